The Morgan fingerprint density at radius 2 is 1.68 bits per heavy atom. The molecule has 0 fully saturated rings. The third-order valence-corrected chi connectivity index (χ3v) is 6.28. The number of methoxy groups -OCH3 is 2. The van der Waals surface area contributed by atoms with E-state index in [1.54, 1.807) is 44.4 Å². The lowest BCUT2D eigenvalue weighted by molar-refractivity contribution is -0.136. The fraction of sp³-hybridized carbons (Fsp3) is 0.200. The van der Waals surface area contributed by atoms with E-state index in [2.05, 4.69) is 4.99 Å². The first-order valence-corrected chi connectivity index (χ1v) is 11.2. The van der Waals surface area contributed by atoms with Gasteiger partial charge in [0.1, 0.15) is 11.5 Å². The molecule has 0 radical (unpaired) electrons. The van der Waals surface area contributed by atoms with Gasteiger partial charge < -0.3 is 14.2 Å². The van der Waals surface area contributed by atoms with E-state index in [1.165, 1.54) is 29.9 Å². The zero-order valence-corrected chi connectivity index (χ0v) is 19.8. The lowest BCUT2D eigenvalue weighted by Crippen LogP contribution is -2.39. The van der Waals surface area contributed by atoms with Crippen LogP contribution in [0.4, 0.5) is 0 Å². The molecule has 174 valence electrons. The number of carbonyl (C=O) groups is 2. The molecule has 2 aromatic carbocycles. The molecule has 1 atom stereocenters. The van der Waals surface area contributed by atoms with Crippen molar-refractivity contribution in [2.45, 2.75) is 19.9 Å². The van der Waals surface area contributed by atoms with Gasteiger partial charge in [-0.25, -0.2) is 9.79 Å². The molecule has 8 nitrogen and oxygen atoms in total. The summed E-state index contributed by atoms with van der Waals surface area (Å²) in [5, 5.41) is 0. The number of carbonyl (C=O) groups excluding carboxylic acids is 2. The standard InChI is InChI=1S/C25H22N2O6S/c1-14-21(24(30)32-4)22(17-7-11-19(12-8-17)33-15(2)28)27-23(29)20(34-25(27)26-14)13-16-5-9-18(31-3)10-6-16/h5-13,22H,1-4H3/b20-13+/t22-/m0/s1. The molecule has 0 bridgehead atoms. The third-order valence-electron chi connectivity index (χ3n) is 5.30. The smallest absolute Gasteiger partial charge is 0.338 e. The Labute approximate surface area is 199 Å². The topological polar surface area (TPSA) is 96.2 Å². The predicted octanol–water partition coefficient (Wildman–Crippen LogP) is 2.34. The molecule has 0 saturated carbocycles. The molecular weight excluding hydrogens is 456 g/mol. The first-order chi connectivity index (χ1) is 16.3. The molecule has 0 aliphatic carbocycles. The molecule has 0 spiro atoms. The highest BCUT2D eigenvalue weighted by molar-refractivity contribution is 7.07. The van der Waals surface area contributed by atoms with E-state index in [4.69, 9.17) is 14.2 Å². The van der Waals surface area contributed by atoms with Gasteiger partial charge in [0.25, 0.3) is 5.56 Å². The average molecular weight is 479 g/mol. The number of hydrogen-bond donors (Lipinski definition) is 0. The van der Waals surface area contributed by atoms with Crippen molar-refractivity contribution in [3.05, 3.63) is 90.6 Å². The summed E-state index contributed by atoms with van der Waals surface area (Å²) in [7, 11) is 2.88. The first kappa shape index (κ1) is 23.2. The Morgan fingerprint density at radius 1 is 1.03 bits per heavy atom. The number of rotatable bonds is 5. The minimum absolute atomic E-state index is 0.270. The van der Waals surface area contributed by atoms with Gasteiger partial charge in [0.05, 0.1) is 36.1 Å². The highest BCUT2D eigenvalue weighted by Crippen LogP contribution is 2.31. The molecule has 2 heterocycles. The fourth-order valence-corrected chi connectivity index (χ4v) is 4.79. The van der Waals surface area contributed by atoms with Gasteiger partial charge >= 0.3 is 11.9 Å². The number of thiazole rings is 1. The molecule has 0 N–H and O–H groups in total. The largest absolute Gasteiger partial charge is 0.497 e. The van der Waals surface area contributed by atoms with Crippen LogP contribution in [0.15, 0.2) is 69.6 Å². The average Bonchev–Trinajstić information content (AvgIpc) is 3.12. The maximum Gasteiger partial charge on any atom is 0.338 e. The number of esters is 2. The molecule has 0 amide bonds. The van der Waals surface area contributed by atoms with Crippen molar-refractivity contribution in [2.24, 2.45) is 4.99 Å². The summed E-state index contributed by atoms with van der Waals surface area (Å²) in [5.41, 5.74) is 1.95. The van der Waals surface area contributed by atoms with Gasteiger partial charge in [-0.3, -0.25) is 14.2 Å². The fourth-order valence-electron chi connectivity index (χ4n) is 3.74. The van der Waals surface area contributed by atoms with Crippen LogP contribution in [0, 0.1) is 0 Å². The van der Waals surface area contributed by atoms with Gasteiger partial charge in [-0.15, -0.1) is 0 Å². The van der Waals surface area contributed by atoms with Crippen LogP contribution in [0.3, 0.4) is 0 Å². The summed E-state index contributed by atoms with van der Waals surface area (Å²) >= 11 is 1.24. The van der Waals surface area contributed by atoms with Gasteiger partial charge in [0, 0.05) is 6.92 Å². The zero-order valence-electron chi connectivity index (χ0n) is 19.0. The lowest BCUT2D eigenvalue weighted by Gasteiger charge is -2.24. The molecule has 0 saturated heterocycles. The van der Waals surface area contributed by atoms with Crippen LogP contribution in [-0.2, 0) is 14.3 Å². The van der Waals surface area contributed by atoms with Gasteiger partial charge in [0.15, 0.2) is 4.80 Å². The molecule has 1 aliphatic heterocycles. The molecular formula is C25H22N2O6S. The zero-order chi connectivity index (χ0) is 24.4. The summed E-state index contributed by atoms with van der Waals surface area (Å²) in [5.74, 6) is 0.0719. The molecule has 0 unspecified atom stereocenters. The van der Waals surface area contributed by atoms with Gasteiger partial charge in [0.2, 0.25) is 0 Å². The van der Waals surface area contributed by atoms with Crippen molar-refractivity contribution in [2.75, 3.05) is 14.2 Å². The van der Waals surface area contributed by atoms with E-state index >= 15 is 0 Å². The minimum atomic E-state index is -0.743. The van der Waals surface area contributed by atoms with Crippen LogP contribution in [0.2, 0.25) is 0 Å². The lowest BCUT2D eigenvalue weighted by atomic mass is 9.96. The normalized spacial score (nSPS) is 15.4. The second-order valence-corrected chi connectivity index (χ2v) is 8.52. The highest BCUT2D eigenvalue weighted by atomic mass is 32.1. The number of nitrogens with zero attached hydrogens (tertiary/aromatic N) is 2. The number of benzene rings is 2. The summed E-state index contributed by atoms with van der Waals surface area (Å²) in [4.78, 5) is 42.5. The van der Waals surface area contributed by atoms with Crippen LogP contribution in [-0.4, -0.2) is 30.7 Å². The summed E-state index contributed by atoms with van der Waals surface area (Å²) < 4.78 is 17.3. The van der Waals surface area contributed by atoms with E-state index < -0.39 is 18.0 Å². The van der Waals surface area contributed by atoms with E-state index in [1.807, 2.05) is 24.3 Å². The van der Waals surface area contributed by atoms with Crippen LogP contribution >= 0.6 is 11.3 Å². The quantitative estimate of drug-likeness (QED) is 0.413. The van der Waals surface area contributed by atoms with E-state index in [-0.39, 0.29) is 11.1 Å². The van der Waals surface area contributed by atoms with Crippen LogP contribution in [0.1, 0.15) is 31.0 Å². The number of ether oxygens (including phenoxy) is 3. The Hall–Kier alpha value is -3.98. The van der Waals surface area contributed by atoms with Crippen molar-refractivity contribution in [1.29, 1.82) is 0 Å². The second-order valence-electron chi connectivity index (χ2n) is 7.51. The number of fused-ring (bicyclic) bond motifs is 1. The van der Waals surface area contributed by atoms with Gasteiger partial charge in [-0.2, -0.15) is 0 Å². The maximum absolute atomic E-state index is 13.5. The van der Waals surface area contributed by atoms with Crippen molar-refractivity contribution in [1.82, 2.24) is 4.57 Å². The maximum atomic E-state index is 13.5. The number of aromatic nitrogens is 1. The van der Waals surface area contributed by atoms with Gasteiger partial charge in [-0.05, 0) is 48.4 Å². The predicted molar refractivity (Wildman–Crippen MR) is 127 cm³/mol. The van der Waals surface area contributed by atoms with Crippen molar-refractivity contribution in [3.8, 4) is 11.5 Å². The highest BCUT2D eigenvalue weighted by Gasteiger charge is 2.33. The van der Waals surface area contributed by atoms with E-state index in [0.717, 1.165) is 5.56 Å². The van der Waals surface area contributed by atoms with Crippen molar-refractivity contribution >= 4 is 29.4 Å². The summed E-state index contributed by atoms with van der Waals surface area (Å²) in [6.45, 7) is 3.03. The van der Waals surface area contributed by atoms with E-state index in [9.17, 15) is 14.4 Å². The monoisotopic (exact) mass is 478 g/mol. The van der Waals surface area contributed by atoms with E-state index in [0.29, 0.717) is 32.1 Å². The van der Waals surface area contributed by atoms with Crippen molar-refractivity contribution in [3.63, 3.8) is 0 Å². The Bertz CT molecular complexity index is 1460. The molecule has 1 aromatic heterocycles. The van der Waals surface area contributed by atoms with Gasteiger partial charge in [-0.1, -0.05) is 35.6 Å². The number of allylic oxidation sites excluding steroid dienone is 1. The minimum Gasteiger partial charge on any atom is -0.497 e. The van der Waals surface area contributed by atoms with Crippen LogP contribution in [0.25, 0.3) is 6.08 Å². The summed E-state index contributed by atoms with van der Waals surface area (Å²) in [6, 6.07) is 13.3. The molecule has 3 aromatic rings. The SMILES string of the molecule is COC(=O)C1=C(C)N=c2s/c(=C/c3ccc(OC)cc3)c(=O)n2[C@H]1c1ccc(OC(C)=O)cc1. The summed E-state index contributed by atoms with van der Waals surface area (Å²) in [6.07, 6.45) is 1.78. The molecule has 1 aliphatic rings. The Balaban J connectivity index is 1.88. The molecule has 9 heteroatoms. The molecule has 34 heavy (non-hydrogen) atoms. The first-order valence-electron chi connectivity index (χ1n) is 10.4. The third kappa shape index (κ3) is 4.42. The second kappa shape index (κ2) is 9.48. The Kier molecular flexibility index (Phi) is 6.47. The molecule has 4 rings (SSSR count). The van der Waals surface area contributed by atoms with Crippen LogP contribution < -0.4 is 24.4 Å². The Morgan fingerprint density at radius 3 is 2.26 bits per heavy atom. The van der Waals surface area contributed by atoms with Crippen molar-refractivity contribution < 1.29 is 23.8 Å². The number of hydrogen-bond acceptors (Lipinski definition) is 8. The van der Waals surface area contributed by atoms with Crippen LogP contribution in [0.5, 0.6) is 11.5 Å².